The van der Waals surface area contributed by atoms with Gasteiger partial charge < -0.3 is 14.2 Å². The summed E-state index contributed by atoms with van der Waals surface area (Å²) in [4.78, 5) is 21.7. The summed E-state index contributed by atoms with van der Waals surface area (Å²) in [6.45, 7) is 3.55. The second-order valence-corrected chi connectivity index (χ2v) is 11.2. The smallest absolute Gasteiger partial charge is 0.244 e. The molecule has 1 amide bonds. The van der Waals surface area contributed by atoms with Crippen molar-refractivity contribution in [2.45, 2.75) is 4.90 Å². The molecule has 12 heteroatoms. The molecule has 0 bridgehead atoms. The van der Waals surface area contributed by atoms with Crippen LogP contribution < -0.4 is 14.4 Å². The summed E-state index contributed by atoms with van der Waals surface area (Å²) >= 11 is 7.61. The first kappa shape index (κ1) is 25.6. The van der Waals surface area contributed by atoms with E-state index in [0.717, 1.165) is 13.1 Å². The van der Waals surface area contributed by atoms with Crippen molar-refractivity contribution in [2.75, 3.05) is 64.3 Å². The highest BCUT2D eigenvalue weighted by molar-refractivity contribution is 7.92. The molecule has 4 rings (SSSR count). The van der Waals surface area contributed by atoms with Crippen LogP contribution in [0.3, 0.4) is 0 Å². The van der Waals surface area contributed by atoms with E-state index in [4.69, 9.17) is 25.8 Å². The molecule has 35 heavy (non-hydrogen) atoms. The predicted octanol–water partition coefficient (Wildman–Crippen LogP) is 3.11. The van der Waals surface area contributed by atoms with Crippen molar-refractivity contribution >= 4 is 54.0 Å². The molecule has 1 saturated heterocycles. The maximum atomic E-state index is 13.4. The molecule has 3 aromatic rings. The predicted molar refractivity (Wildman–Crippen MR) is 136 cm³/mol. The number of amides is 1. The van der Waals surface area contributed by atoms with Crippen LogP contribution in [-0.2, 0) is 19.4 Å². The molecule has 1 fully saturated rings. The van der Waals surface area contributed by atoms with Crippen LogP contribution in [0.4, 0.5) is 5.13 Å². The second-order valence-electron chi connectivity index (χ2n) is 7.86. The van der Waals surface area contributed by atoms with Crippen LogP contribution in [0.5, 0.6) is 11.5 Å². The van der Waals surface area contributed by atoms with Crippen molar-refractivity contribution < 1.29 is 27.4 Å². The topological polar surface area (TPSA) is 98.3 Å². The first-order chi connectivity index (χ1) is 16.8. The molecule has 0 N–H and O–H groups in total. The standard InChI is InChI=1S/C23H26ClN3O6S2/c1-31-16-3-5-17(6-4-16)35(29,30)15-20(28)27(10-9-26-11-13-33-14-12-26)23-25-21-19(32-2)8-7-18(24)22(21)34-23/h3-8H,9-15H2,1-2H3. The third-order valence-electron chi connectivity index (χ3n) is 5.67. The van der Waals surface area contributed by atoms with E-state index in [1.54, 1.807) is 24.3 Å². The lowest BCUT2D eigenvalue weighted by atomic mass is 10.3. The molecule has 0 radical (unpaired) electrons. The fraction of sp³-hybridized carbons (Fsp3) is 0.391. The minimum absolute atomic E-state index is 0.0498. The van der Waals surface area contributed by atoms with Gasteiger partial charge >= 0.3 is 0 Å². The highest BCUT2D eigenvalue weighted by atomic mass is 35.5. The summed E-state index contributed by atoms with van der Waals surface area (Å²) in [5.41, 5.74) is 0.530. The van der Waals surface area contributed by atoms with Gasteiger partial charge in [-0.05, 0) is 36.4 Å². The second kappa shape index (κ2) is 11.1. The number of thiazole rings is 1. The summed E-state index contributed by atoms with van der Waals surface area (Å²) in [5, 5.41) is 0.852. The van der Waals surface area contributed by atoms with Crippen molar-refractivity contribution in [3.63, 3.8) is 0 Å². The molecule has 188 valence electrons. The number of aromatic nitrogens is 1. The number of morpholine rings is 1. The zero-order valence-corrected chi connectivity index (χ0v) is 21.8. The zero-order valence-electron chi connectivity index (χ0n) is 19.4. The molecule has 0 aliphatic carbocycles. The lowest BCUT2D eigenvalue weighted by Gasteiger charge is -2.29. The van der Waals surface area contributed by atoms with Gasteiger partial charge in [0, 0.05) is 26.2 Å². The van der Waals surface area contributed by atoms with E-state index in [0.29, 0.717) is 51.6 Å². The Morgan fingerprint density at radius 2 is 1.86 bits per heavy atom. The van der Waals surface area contributed by atoms with Gasteiger partial charge in [0.2, 0.25) is 5.91 Å². The number of halogens is 1. The van der Waals surface area contributed by atoms with Crippen molar-refractivity contribution in [1.29, 1.82) is 0 Å². The van der Waals surface area contributed by atoms with E-state index >= 15 is 0 Å². The maximum absolute atomic E-state index is 13.4. The van der Waals surface area contributed by atoms with E-state index in [2.05, 4.69) is 9.88 Å². The fourth-order valence-electron chi connectivity index (χ4n) is 3.72. The maximum Gasteiger partial charge on any atom is 0.244 e. The lowest BCUT2D eigenvalue weighted by Crippen LogP contribution is -2.44. The van der Waals surface area contributed by atoms with E-state index in [1.165, 1.54) is 42.6 Å². The van der Waals surface area contributed by atoms with E-state index < -0.39 is 21.5 Å². The average molecular weight is 540 g/mol. The Morgan fingerprint density at radius 3 is 2.51 bits per heavy atom. The fourth-order valence-corrected chi connectivity index (χ4v) is 6.22. The van der Waals surface area contributed by atoms with Crippen LogP contribution in [0.25, 0.3) is 10.2 Å². The van der Waals surface area contributed by atoms with E-state index in [-0.39, 0.29) is 11.4 Å². The Bertz CT molecular complexity index is 1290. The number of sulfone groups is 1. The van der Waals surface area contributed by atoms with Gasteiger partial charge in [0.25, 0.3) is 0 Å². The molecule has 9 nitrogen and oxygen atoms in total. The third kappa shape index (κ3) is 5.87. The van der Waals surface area contributed by atoms with Crippen LogP contribution in [0, 0.1) is 0 Å². The van der Waals surface area contributed by atoms with Gasteiger partial charge in [-0.3, -0.25) is 14.6 Å². The molecule has 0 atom stereocenters. The molecule has 1 aliphatic rings. The first-order valence-electron chi connectivity index (χ1n) is 10.9. The Morgan fingerprint density at radius 1 is 1.14 bits per heavy atom. The van der Waals surface area contributed by atoms with E-state index in [1.807, 2.05) is 0 Å². The molecule has 2 heterocycles. The number of benzene rings is 2. The van der Waals surface area contributed by atoms with Crippen LogP contribution >= 0.6 is 22.9 Å². The SMILES string of the molecule is COc1ccc(S(=O)(=O)CC(=O)N(CCN2CCOCC2)c2nc3c(OC)ccc(Cl)c3s2)cc1. The summed E-state index contributed by atoms with van der Waals surface area (Å²) in [6, 6.07) is 9.38. The van der Waals surface area contributed by atoms with Crippen molar-refractivity contribution in [1.82, 2.24) is 9.88 Å². The van der Waals surface area contributed by atoms with Crippen LogP contribution in [0.2, 0.25) is 5.02 Å². The van der Waals surface area contributed by atoms with Crippen molar-refractivity contribution in [3.05, 3.63) is 41.4 Å². The number of carbonyl (C=O) groups excluding carboxylic acids is 1. The Balaban J connectivity index is 1.63. The van der Waals surface area contributed by atoms with E-state index in [9.17, 15) is 13.2 Å². The number of hydrogen-bond donors (Lipinski definition) is 0. The highest BCUT2D eigenvalue weighted by Gasteiger charge is 2.28. The van der Waals surface area contributed by atoms with Gasteiger partial charge in [-0.25, -0.2) is 13.4 Å². The van der Waals surface area contributed by atoms with Crippen molar-refractivity contribution in [3.8, 4) is 11.5 Å². The lowest BCUT2D eigenvalue weighted by molar-refractivity contribution is -0.116. The van der Waals surface area contributed by atoms with Crippen LogP contribution in [0.1, 0.15) is 0 Å². The van der Waals surface area contributed by atoms with Gasteiger partial charge in [-0.15, -0.1) is 0 Å². The molecule has 2 aromatic carbocycles. The quantitative estimate of drug-likeness (QED) is 0.409. The molecule has 1 aromatic heterocycles. The summed E-state index contributed by atoms with van der Waals surface area (Å²) in [7, 11) is -0.855. The zero-order chi connectivity index (χ0) is 25.0. The largest absolute Gasteiger partial charge is 0.497 e. The number of ether oxygens (including phenoxy) is 3. The van der Waals surface area contributed by atoms with Gasteiger partial charge in [-0.1, -0.05) is 22.9 Å². The third-order valence-corrected chi connectivity index (χ3v) is 8.83. The minimum Gasteiger partial charge on any atom is -0.497 e. The Hall–Kier alpha value is -2.44. The average Bonchev–Trinajstić information content (AvgIpc) is 3.31. The summed E-state index contributed by atoms with van der Waals surface area (Å²) in [6.07, 6.45) is 0. The molecule has 0 spiro atoms. The molecule has 0 saturated carbocycles. The molecular formula is C23H26ClN3O6S2. The molecular weight excluding hydrogens is 514 g/mol. The number of nitrogens with zero attached hydrogens (tertiary/aromatic N) is 3. The van der Waals surface area contributed by atoms with Gasteiger partial charge in [0.1, 0.15) is 22.8 Å². The number of rotatable bonds is 9. The van der Waals surface area contributed by atoms with Crippen LogP contribution in [-0.4, -0.2) is 83.6 Å². The van der Waals surface area contributed by atoms with Crippen LogP contribution in [0.15, 0.2) is 41.3 Å². The number of carbonyl (C=O) groups is 1. The molecule has 0 unspecified atom stereocenters. The molecule has 1 aliphatic heterocycles. The highest BCUT2D eigenvalue weighted by Crippen LogP contribution is 2.38. The number of anilines is 1. The van der Waals surface area contributed by atoms with Crippen molar-refractivity contribution in [2.24, 2.45) is 0 Å². The Labute approximate surface area is 213 Å². The van der Waals surface area contributed by atoms with Gasteiger partial charge in [0.05, 0.1) is 42.1 Å². The number of methoxy groups -OCH3 is 2. The Kier molecular flexibility index (Phi) is 8.12. The normalized spacial score (nSPS) is 14.7. The first-order valence-corrected chi connectivity index (χ1v) is 13.8. The number of fused-ring (bicyclic) bond motifs is 1. The summed E-state index contributed by atoms with van der Waals surface area (Å²) in [5.74, 6) is -0.201. The van der Waals surface area contributed by atoms with Gasteiger partial charge in [-0.2, -0.15) is 0 Å². The minimum atomic E-state index is -3.89. The number of hydrogen-bond acceptors (Lipinski definition) is 9. The van der Waals surface area contributed by atoms with Gasteiger partial charge in [0.15, 0.2) is 15.0 Å². The summed E-state index contributed by atoms with van der Waals surface area (Å²) < 4.78 is 42.6. The monoisotopic (exact) mass is 539 g/mol.